The summed E-state index contributed by atoms with van der Waals surface area (Å²) in [4.78, 5) is 4.32. The van der Waals surface area contributed by atoms with Gasteiger partial charge in [-0.2, -0.15) is 0 Å². The lowest BCUT2D eigenvalue weighted by Gasteiger charge is -2.07. The van der Waals surface area contributed by atoms with Crippen LogP contribution in [0.4, 0.5) is 0 Å². The molecule has 0 fully saturated rings. The van der Waals surface area contributed by atoms with Gasteiger partial charge in [-0.05, 0) is 24.6 Å². The van der Waals surface area contributed by atoms with E-state index in [1.807, 2.05) is 25.1 Å². The molecule has 1 aromatic heterocycles. The van der Waals surface area contributed by atoms with Crippen LogP contribution >= 0.6 is 0 Å². The fourth-order valence-corrected chi connectivity index (χ4v) is 0.998. The average molecular weight is 162 g/mol. The minimum Gasteiger partial charge on any atom is -0.323 e. The minimum atomic E-state index is 0.0462. The number of hydrogen-bond donors (Lipinski definition) is 1. The molecule has 0 aliphatic carbocycles. The van der Waals surface area contributed by atoms with E-state index >= 15 is 0 Å². The van der Waals surface area contributed by atoms with Crippen molar-refractivity contribution >= 4 is 6.08 Å². The van der Waals surface area contributed by atoms with Gasteiger partial charge in [-0.15, -0.1) is 0 Å². The van der Waals surface area contributed by atoms with E-state index in [-0.39, 0.29) is 6.04 Å². The molecule has 1 heterocycles. The topological polar surface area (TPSA) is 38.9 Å². The monoisotopic (exact) mass is 162 g/mol. The van der Waals surface area contributed by atoms with E-state index in [0.29, 0.717) is 0 Å². The summed E-state index contributed by atoms with van der Waals surface area (Å²) < 4.78 is 0. The second-order valence-electron chi connectivity index (χ2n) is 2.71. The molecule has 0 amide bonds. The lowest BCUT2D eigenvalue weighted by Crippen LogP contribution is -2.10. The van der Waals surface area contributed by atoms with Gasteiger partial charge in [0.25, 0.3) is 0 Å². The zero-order valence-corrected chi connectivity index (χ0v) is 7.33. The Kier molecular flexibility index (Phi) is 3.00. The lowest BCUT2D eigenvalue weighted by atomic mass is 10.1. The molecule has 1 rings (SSSR count). The zero-order chi connectivity index (χ0) is 8.97. The van der Waals surface area contributed by atoms with Gasteiger partial charge < -0.3 is 5.73 Å². The Labute approximate surface area is 73.1 Å². The molecule has 0 unspecified atom stereocenters. The van der Waals surface area contributed by atoms with Gasteiger partial charge in [0.2, 0.25) is 0 Å². The number of nitrogens with zero attached hydrogens (tertiary/aromatic N) is 1. The Hall–Kier alpha value is -1.15. The van der Waals surface area contributed by atoms with Crippen LogP contribution in [0.2, 0.25) is 0 Å². The van der Waals surface area contributed by atoms with Crippen LogP contribution in [-0.4, -0.2) is 4.98 Å². The maximum absolute atomic E-state index is 5.82. The molecule has 0 bridgehead atoms. The third kappa shape index (κ3) is 1.92. The van der Waals surface area contributed by atoms with Crippen molar-refractivity contribution in [1.82, 2.24) is 4.98 Å². The van der Waals surface area contributed by atoms with Crippen LogP contribution < -0.4 is 5.73 Å². The van der Waals surface area contributed by atoms with Crippen molar-refractivity contribution in [2.24, 2.45) is 5.73 Å². The summed E-state index contributed by atoms with van der Waals surface area (Å²) in [6, 6.07) is 5.86. The van der Waals surface area contributed by atoms with E-state index in [1.165, 1.54) is 0 Å². The van der Waals surface area contributed by atoms with Gasteiger partial charge >= 0.3 is 0 Å². The van der Waals surface area contributed by atoms with Gasteiger partial charge in [0, 0.05) is 6.04 Å². The average Bonchev–Trinajstić information content (AvgIpc) is 2.17. The molecular formula is C10H14N2. The number of nitrogens with two attached hydrogens (primary N) is 1. The molecule has 0 saturated heterocycles. The highest BCUT2D eigenvalue weighted by molar-refractivity contribution is 5.41. The maximum Gasteiger partial charge on any atom is 0.0627 e. The molecule has 0 spiro atoms. The third-order valence-electron chi connectivity index (χ3n) is 1.82. The van der Waals surface area contributed by atoms with E-state index < -0.39 is 0 Å². The smallest absolute Gasteiger partial charge is 0.0627 e. The van der Waals surface area contributed by atoms with E-state index in [2.05, 4.69) is 11.6 Å². The molecule has 12 heavy (non-hydrogen) atoms. The predicted octanol–water partition coefficient (Wildman–Crippen LogP) is 2.13. The second kappa shape index (κ2) is 4.02. The second-order valence-corrected chi connectivity index (χ2v) is 2.71. The number of hydrogen-bond acceptors (Lipinski definition) is 2. The van der Waals surface area contributed by atoms with Gasteiger partial charge in [-0.25, -0.2) is 0 Å². The molecule has 1 atom stereocenters. The fraction of sp³-hybridized carbons (Fsp3) is 0.300. The molecule has 0 aliphatic rings. The van der Waals surface area contributed by atoms with Gasteiger partial charge in [0.15, 0.2) is 0 Å². The molecule has 64 valence electrons. The molecule has 0 aromatic carbocycles. The standard InChI is InChI=1S/C10H14N2/c1-3-8-6-5-7-10(12-8)9(11)4-2/h3,5-7,9H,1,4,11H2,2H3/t9-/m0/s1. The minimum absolute atomic E-state index is 0.0462. The number of aromatic nitrogens is 1. The Morgan fingerprint density at radius 3 is 3.00 bits per heavy atom. The van der Waals surface area contributed by atoms with Crippen LogP contribution in [0.25, 0.3) is 6.08 Å². The fourth-order valence-electron chi connectivity index (χ4n) is 0.998. The molecule has 2 heteroatoms. The zero-order valence-electron chi connectivity index (χ0n) is 7.33. The van der Waals surface area contributed by atoms with Crippen molar-refractivity contribution in [1.29, 1.82) is 0 Å². The van der Waals surface area contributed by atoms with Crippen LogP contribution in [0.3, 0.4) is 0 Å². The summed E-state index contributed by atoms with van der Waals surface area (Å²) >= 11 is 0. The summed E-state index contributed by atoms with van der Waals surface area (Å²) in [6.45, 7) is 5.70. The first-order valence-electron chi connectivity index (χ1n) is 4.13. The largest absolute Gasteiger partial charge is 0.323 e. The summed E-state index contributed by atoms with van der Waals surface area (Å²) in [5.41, 5.74) is 7.65. The lowest BCUT2D eigenvalue weighted by molar-refractivity contribution is 0.675. The highest BCUT2D eigenvalue weighted by atomic mass is 14.8. The predicted molar refractivity (Wildman–Crippen MR) is 51.5 cm³/mol. The molecule has 2 N–H and O–H groups in total. The first-order valence-corrected chi connectivity index (χ1v) is 4.13. The molecule has 1 aromatic rings. The van der Waals surface area contributed by atoms with E-state index in [1.54, 1.807) is 6.08 Å². The Morgan fingerprint density at radius 2 is 2.42 bits per heavy atom. The van der Waals surface area contributed by atoms with Gasteiger partial charge in [0.1, 0.15) is 0 Å². The third-order valence-corrected chi connectivity index (χ3v) is 1.82. The van der Waals surface area contributed by atoms with Crippen molar-refractivity contribution < 1.29 is 0 Å². The van der Waals surface area contributed by atoms with Crippen molar-refractivity contribution in [3.8, 4) is 0 Å². The van der Waals surface area contributed by atoms with Crippen molar-refractivity contribution in [3.05, 3.63) is 36.2 Å². The quantitative estimate of drug-likeness (QED) is 0.739. The van der Waals surface area contributed by atoms with Crippen molar-refractivity contribution in [2.75, 3.05) is 0 Å². The Balaban J connectivity index is 2.93. The molecule has 0 aliphatic heterocycles. The summed E-state index contributed by atoms with van der Waals surface area (Å²) in [5.74, 6) is 0. The summed E-state index contributed by atoms with van der Waals surface area (Å²) in [7, 11) is 0. The SMILES string of the molecule is C=Cc1cccc([C@@H](N)CC)n1. The van der Waals surface area contributed by atoms with Gasteiger partial charge in [0.05, 0.1) is 11.4 Å². The number of rotatable bonds is 3. The Bertz CT molecular complexity index is 268. The van der Waals surface area contributed by atoms with Gasteiger partial charge in [-0.1, -0.05) is 19.6 Å². The number of pyridine rings is 1. The van der Waals surface area contributed by atoms with E-state index in [0.717, 1.165) is 17.8 Å². The van der Waals surface area contributed by atoms with Crippen LogP contribution in [0.1, 0.15) is 30.8 Å². The highest BCUT2D eigenvalue weighted by Crippen LogP contribution is 2.11. The van der Waals surface area contributed by atoms with Crippen LogP contribution in [0.15, 0.2) is 24.8 Å². The summed E-state index contributed by atoms with van der Waals surface area (Å²) in [5, 5.41) is 0. The van der Waals surface area contributed by atoms with Crippen LogP contribution in [0, 0.1) is 0 Å². The first-order chi connectivity index (χ1) is 5.77. The van der Waals surface area contributed by atoms with E-state index in [4.69, 9.17) is 5.73 Å². The van der Waals surface area contributed by atoms with Crippen LogP contribution in [-0.2, 0) is 0 Å². The van der Waals surface area contributed by atoms with Gasteiger partial charge in [-0.3, -0.25) is 4.98 Å². The molecule has 0 radical (unpaired) electrons. The van der Waals surface area contributed by atoms with Crippen LogP contribution in [0.5, 0.6) is 0 Å². The Morgan fingerprint density at radius 1 is 1.67 bits per heavy atom. The molecule has 2 nitrogen and oxygen atoms in total. The maximum atomic E-state index is 5.82. The summed E-state index contributed by atoms with van der Waals surface area (Å²) in [6.07, 6.45) is 2.64. The molecule has 0 saturated carbocycles. The molecular weight excluding hydrogens is 148 g/mol. The van der Waals surface area contributed by atoms with Crippen molar-refractivity contribution in [3.63, 3.8) is 0 Å². The van der Waals surface area contributed by atoms with E-state index in [9.17, 15) is 0 Å². The normalized spacial score (nSPS) is 12.5. The van der Waals surface area contributed by atoms with Crippen molar-refractivity contribution in [2.45, 2.75) is 19.4 Å². The highest BCUT2D eigenvalue weighted by Gasteiger charge is 2.03. The first kappa shape index (κ1) is 8.94.